The number of unbranched alkanes of at least 4 members (excludes halogenated alkanes) is 2. The third kappa shape index (κ3) is 8.32. The smallest absolute Gasteiger partial charge is 0.224 e. The van der Waals surface area contributed by atoms with E-state index in [0.717, 1.165) is 44.5 Å². The Balaban J connectivity index is 2.13. The van der Waals surface area contributed by atoms with Crippen LogP contribution in [0.2, 0.25) is 0 Å². The molecular formula is C16H27N3O2. The van der Waals surface area contributed by atoms with E-state index in [1.165, 1.54) is 0 Å². The van der Waals surface area contributed by atoms with Gasteiger partial charge in [0.1, 0.15) is 0 Å². The van der Waals surface area contributed by atoms with Gasteiger partial charge in [0, 0.05) is 24.4 Å². The van der Waals surface area contributed by atoms with Crippen LogP contribution in [0.4, 0.5) is 11.4 Å². The molecule has 0 fully saturated rings. The van der Waals surface area contributed by atoms with Gasteiger partial charge in [0.05, 0.1) is 0 Å². The third-order valence-electron chi connectivity index (χ3n) is 3.31. The molecule has 0 spiro atoms. The number of aliphatic hydroxyl groups is 1. The highest BCUT2D eigenvalue weighted by atomic mass is 16.2. The van der Waals surface area contributed by atoms with E-state index in [1.54, 1.807) is 12.1 Å². The van der Waals surface area contributed by atoms with Crippen molar-refractivity contribution in [2.75, 3.05) is 37.8 Å². The lowest BCUT2D eigenvalue weighted by Crippen LogP contribution is -2.22. The Labute approximate surface area is 127 Å². The van der Waals surface area contributed by atoms with Crippen LogP contribution in [0.1, 0.15) is 32.1 Å². The first-order valence-corrected chi connectivity index (χ1v) is 7.56. The molecule has 5 nitrogen and oxygen atoms in total. The van der Waals surface area contributed by atoms with Crippen molar-refractivity contribution in [2.24, 2.45) is 0 Å². The number of carbonyl (C=O) groups excluding carboxylic acids is 1. The van der Waals surface area contributed by atoms with Crippen molar-refractivity contribution in [1.29, 1.82) is 0 Å². The number of nitrogens with two attached hydrogens (primary N) is 1. The molecule has 1 aromatic carbocycles. The predicted octanol–water partition coefficient (Wildman–Crippen LogP) is 2.08. The second-order valence-electron chi connectivity index (χ2n) is 5.36. The first kappa shape index (κ1) is 17.5. The summed E-state index contributed by atoms with van der Waals surface area (Å²) in [5.41, 5.74) is 7.06. The minimum Gasteiger partial charge on any atom is -0.399 e. The van der Waals surface area contributed by atoms with E-state index in [2.05, 4.69) is 17.3 Å². The lowest BCUT2D eigenvalue weighted by atomic mass is 10.2. The second-order valence-corrected chi connectivity index (χ2v) is 5.36. The molecule has 0 saturated heterocycles. The Bertz CT molecular complexity index is 424. The molecule has 0 radical (unpaired) electrons. The summed E-state index contributed by atoms with van der Waals surface area (Å²) in [6.45, 7) is 2.19. The number of rotatable bonds is 10. The van der Waals surface area contributed by atoms with Crippen LogP contribution in [-0.4, -0.2) is 42.7 Å². The SMILES string of the molecule is CN(CCCCCO)CCCC(=O)Nc1cccc(N)c1. The molecule has 0 atom stereocenters. The van der Waals surface area contributed by atoms with Crippen LogP contribution < -0.4 is 11.1 Å². The van der Waals surface area contributed by atoms with Crippen LogP contribution >= 0.6 is 0 Å². The van der Waals surface area contributed by atoms with Crippen LogP contribution in [0, 0.1) is 0 Å². The number of hydrogen-bond donors (Lipinski definition) is 3. The maximum atomic E-state index is 11.8. The van der Waals surface area contributed by atoms with Crippen LogP contribution in [0.15, 0.2) is 24.3 Å². The highest BCUT2D eigenvalue weighted by Crippen LogP contribution is 2.12. The lowest BCUT2D eigenvalue weighted by molar-refractivity contribution is -0.116. The maximum absolute atomic E-state index is 11.8. The normalized spacial score (nSPS) is 10.8. The zero-order chi connectivity index (χ0) is 15.5. The number of anilines is 2. The van der Waals surface area contributed by atoms with E-state index in [9.17, 15) is 4.79 Å². The molecule has 0 aliphatic heterocycles. The zero-order valence-corrected chi connectivity index (χ0v) is 12.8. The monoisotopic (exact) mass is 293 g/mol. The van der Waals surface area contributed by atoms with Gasteiger partial charge in [-0.3, -0.25) is 4.79 Å². The lowest BCUT2D eigenvalue weighted by Gasteiger charge is -2.16. The largest absolute Gasteiger partial charge is 0.399 e. The molecule has 21 heavy (non-hydrogen) atoms. The number of amides is 1. The van der Waals surface area contributed by atoms with Gasteiger partial charge in [-0.25, -0.2) is 0 Å². The van der Waals surface area contributed by atoms with Crippen LogP contribution in [-0.2, 0) is 4.79 Å². The summed E-state index contributed by atoms with van der Waals surface area (Å²) in [6.07, 6.45) is 4.36. The Morgan fingerprint density at radius 2 is 2.00 bits per heavy atom. The van der Waals surface area contributed by atoms with Crippen LogP contribution in [0.5, 0.6) is 0 Å². The summed E-state index contributed by atoms with van der Waals surface area (Å²) in [7, 11) is 2.06. The highest BCUT2D eigenvalue weighted by Gasteiger charge is 2.04. The topological polar surface area (TPSA) is 78.6 Å². The van der Waals surface area contributed by atoms with Crippen molar-refractivity contribution in [3.63, 3.8) is 0 Å². The van der Waals surface area contributed by atoms with Gasteiger partial charge < -0.3 is 21.1 Å². The van der Waals surface area contributed by atoms with E-state index >= 15 is 0 Å². The zero-order valence-electron chi connectivity index (χ0n) is 12.8. The third-order valence-corrected chi connectivity index (χ3v) is 3.31. The van der Waals surface area contributed by atoms with Crippen LogP contribution in [0.3, 0.4) is 0 Å². The molecule has 0 unspecified atom stereocenters. The number of hydrogen-bond acceptors (Lipinski definition) is 4. The van der Waals surface area contributed by atoms with Crippen molar-refractivity contribution in [2.45, 2.75) is 32.1 Å². The molecule has 1 aromatic rings. The van der Waals surface area contributed by atoms with Crippen molar-refractivity contribution < 1.29 is 9.90 Å². The highest BCUT2D eigenvalue weighted by molar-refractivity contribution is 5.91. The van der Waals surface area contributed by atoms with Gasteiger partial charge in [0.25, 0.3) is 0 Å². The Kier molecular flexibility index (Phi) is 8.47. The Morgan fingerprint density at radius 1 is 1.24 bits per heavy atom. The number of nitrogens with zero attached hydrogens (tertiary/aromatic N) is 1. The molecule has 0 bridgehead atoms. The number of nitrogens with one attached hydrogen (secondary N) is 1. The van der Waals surface area contributed by atoms with Gasteiger partial charge in [0.2, 0.25) is 5.91 Å². The maximum Gasteiger partial charge on any atom is 0.224 e. The average Bonchev–Trinajstić information content (AvgIpc) is 2.43. The van der Waals surface area contributed by atoms with E-state index in [-0.39, 0.29) is 12.5 Å². The van der Waals surface area contributed by atoms with Gasteiger partial charge in [-0.1, -0.05) is 6.07 Å². The van der Waals surface area contributed by atoms with Gasteiger partial charge in [-0.2, -0.15) is 0 Å². The van der Waals surface area contributed by atoms with E-state index < -0.39 is 0 Å². The summed E-state index contributed by atoms with van der Waals surface area (Å²) in [6, 6.07) is 7.21. The quantitative estimate of drug-likeness (QED) is 0.456. The van der Waals surface area contributed by atoms with Gasteiger partial charge in [0.15, 0.2) is 0 Å². The fourth-order valence-corrected chi connectivity index (χ4v) is 2.13. The summed E-state index contributed by atoms with van der Waals surface area (Å²) in [5, 5.41) is 11.6. The Morgan fingerprint density at radius 3 is 2.71 bits per heavy atom. The predicted molar refractivity (Wildman–Crippen MR) is 87.2 cm³/mol. The molecule has 118 valence electrons. The van der Waals surface area contributed by atoms with E-state index in [0.29, 0.717) is 12.1 Å². The van der Waals surface area contributed by atoms with Gasteiger partial charge in [-0.15, -0.1) is 0 Å². The van der Waals surface area contributed by atoms with E-state index in [1.807, 2.05) is 12.1 Å². The summed E-state index contributed by atoms with van der Waals surface area (Å²) >= 11 is 0. The van der Waals surface area contributed by atoms with Crippen LogP contribution in [0.25, 0.3) is 0 Å². The number of nitrogen functional groups attached to an aromatic ring is 1. The molecule has 1 amide bonds. The van der Waals surface area contributed by atoms with Crippen molar-refractivity contribution >= 4 is 17.3 Å². The minimum absolute atomic E-state index is 0.0225. The molecule has 0 aliphatic carbocycles. The molecular weight excluding hydrogens is 266 g/mol. The van der Waals surface area contributed by atoms with Crippen molar-refractivity contribution in [1.82, 2.24) is 4.90 Å². The van der Waals surface area contributed by atoms with E-state index in [4.69, 9.17) is 10.8 Å². The first-order chi connectivity index (χ1) is 10.1. The standard InChI is InChI=1S/C16H27N3O2/c1-19(10-3-2-4-12-20)11-6-9-16(21)18-15-8-5-7-14(17)13-15/h5,7-8,13,20H,2-4,6,9-12,17H2,1H3,(H,18,21). The fraction of sp³-hybridized carbons (Fsp3) is 0.562. The number of benzene rings is 1. The summed E-state index contributed by atoms with van der Waals surface area (Å²) < 4.78 is 0. The molecule has 0 saturated carbocycles. The fourth-order valence-electron chi connectivity index (χ4n) is 2.13. The molecule has 5 heteroatoms. The van der Waals surface area contributed by atoms with Gasteiger partial charge in [-0.05, 0) is 64.0 Å². The second kappa shape index (κ2) is 10.2. The van der Waals surface area contributed by atoms with Crippen molar-refractivity contribution in [3.8, 4) is 0 Å². The summed E-state index contributed by atoms with van der Waals surface area (Å²) in [5.74, 6) is 0.0225. The van der Waals surface area contributed by atoms with Gasteiger partial charge >= 0.3 is 0 Å². The average molecular weight is 293 g/mol. The number of carbonyl (C=O) groups is 1. The number of aliphatic hydroxyl groups excluding tert-OH is 1. The minimum atomic E-state index is 0.0225. The molecule has 1 rings (SSSR count). The molecule has 4 N–H and O–H groups in total. The molecule has 0 aromatic heterocycles. The molecule has 0 aliphatic rings. The summed E-state index contributed by atoms with van der Waals surface area (Å²) in [4.78, 5) is 14.0. The van der Waals surface area contributed by atoms with Crippen molar-refractivity contribution in [3.05, 3.63) is 24.3 Å². The Hall–Kier alpha value is -1.59. The first-order valence-electron chi connectivity index (χ1n) is 7.56. The molecule has 0 heterocycles.